The Morgan fingerprint density at radius 3 is 2.52 bits per heavy atom. The van der Waals surface area contributed by atoms with Crippen LogP contribution >= 0.6 is 0 Å². The fraction of sp³-hybridized carbons (Fsp3) is 0.368. The minimum atomic E-state index is -0.0437. The summed E-state index contributed by atoms with van der Waals surface area (Å²) in [6.45, 7) is 7.16. The highest BCUT2D eigenvalue weighted by Gasteiger charge is 2.07. The van der Waals surface area contributed by atoms with Gasteiger partial charge in [0, 0.05) is 23.4 Å². The second-order valence-electron chi connectivity index (χ2n) is 5.54. The second kappa shape index (κ2) is 8.44. The molecule has 124 valence electrons. The summed E-state index contributed by atoms with van der Waals surface area (Å²) in [7, 11) is 0. The van der Waals surface area contributed by atoms with Crippen LogP contribution in [0.2, 0.25) is 0 Å². The van der Waals surface area contributed by atoms with Crippen molar-refractivity contribution in [1.29, 1.82) is 0 Å². The molecule has 0 aromatic heterocycles. The minimum absolute atomic E-state index is 0.0437. The molecule has 4 heteroatoms. The summed E-state index contributed by atoms with van der Waals surface area (Å²) >= 11 is 0. The Balaban J connectivity index is 2.09. The molecule has 2 N–H and O–H groups in total. The fourth-order valence-corrected chi connectivity index (χ4v) is 2.33. The molecule has 0 spiro atoms. The zero-order valence-electron chi connectivity index (χ0n) is 14.0. The first kappa shape index (κ1) is 17.2. The molecule has 4 nitrogen and oxygen atoms in total. The molecular weight excluding hydrogens is 290 g/mol. The number of aliphatic hydroxyl groups excluding tert-OH is 1. The van der Waals surface area contributed by atoms with Gasteiger partial charge in [0.15, 0.2) is 0 Å². The van der Waals surface area contributed by atoms with Gasteiger partial charge in [-0.25, -0.2) is 0 Å². The zero-order chi connectivity index (χ0) is 16.7. The fourth-order valence-electron chi connectivity index (χ4n) is 2.33. The van der Waals surface area contributed by atoms with Crippen molar-refractivity contribution in [3.8, 4) is 11.5 Å². The van der Waals surface area contributed by atoms with Crippen LogP contribution in [0.25, 0.3) is 0 Å². The summed E-state index contributed by atoms with van der Waals surface area (Å²) in [5.41, 5.74) is 2.82. The van der Waals surface area contributed by atoms with Gasteiger partial charge in [0.2, 0.25) is 0 Å². The molecule has 0 saturated carbocycles. The number of para-hydroxylation sites is 1. The lowest BCUT2D eigenvalue weighted by atomic mass is 10.1. The molecule has 2 rings (SSSR count). The molecule has 0 amide bonds. The van der Waals surface area contributed by atoms with Crippen molar-refractivity contribution in [2.24, 2.45) is 0 Å². The Bertz CT molecular complexity index is 626. The quantitative estimate of drug-likeness (QED) is 0.774. The predicted octanol–water partition coefficient (Wildman–Crippen LogP) is 3.98. The first-order chi connectivity index (χ1) is 11.1. The number of aliphatic hydroxyl groups is 1. The lowest BCUT2D eigenvalue weighted by Gasteiger charge is -2.16. The number of ether oxygens (including phenoxy) is 2. The molecule has 0 aliphatic rings. The second-order valence-corrected chi connectivity index (χ2v) is 5.54. The van der Waals surface area contributed by atoms with Gasteiger partial charge in [0.1, 0.15) is 11.5 Å². The van der Waals surface area contributed by atoms with Crippen LogP contribution in [0.1, 0.15) is 31.9 Å². The van der Waals surface area contributed by atoms with Crippen molar-refractivity contribution >= 4 is 5.69 Å². The first-order valence-electron chi connectivity index (χ1n) is 7.99. The van der Waals surface area contributed by atoms with Gasteiger partial charge in [0.05, 0.1) is 19.3 Å². The molecule has 0 heterocycles. The summed E-state index contributed by atoms with van der Waals surface area (Å²) < 4.78 is 11.3. The summed E-state index contributed by atoms with van der Waals surface area (Å²) in [5.74, 6) is 1.62. The molecular formula is C19H25NO3. The van der Waals surface area contributed by atoms with Crippen LogP contribution in [-0.2, 0) is 13.2 Å². The van der Waals surface area contributed by atoms with Crippen LogP contribution < -0.4 is 14.8 Å². The van der Waals surface area contributed by atoms with Gasteiger partial charge in [-0.05, 0) is 45.0 Å². The van der Waals surface area contributed by atoms with Crippen molar-refractivity contribution in [1.82, 2.24) is 0 Å². The van der Waals surface area contributed by atoms with Crippen LogP contribution in [-0.4, -0.2) is 17.8 Å². The van der Waals surface area contributed by atoms with Gasteiger partial charge in [-0.2, -0.15) is 0 Å². The summed E-state index contributed by atoms with van der Waals surface area (Å²) in [5, 5.41) is 12.8. The van der Waals surface area contributed by atoms with E-state index in [1.54, 1.807) is 0 Å². The highest BCUT2D eigenvalue weighted by molar-refractivity contribution is 5.52. The third-order valence-corrected chi connectivity index (χ3v) is 3.35. The average molecular weight is 315 g/mol. The molecule has 0 aliphatic heterocycles. The Morgan fingerprint density at radius 1 is 1.04 bits per heavy atom. The van der Waals surface area contributed by atoms with Crippen molar-refractivity contribution in [2.45, 2.75) is 40.0 Å². The van der Waals surface area contributed by atoms with E-state index in [1.165, 1.54) is 0 Å². The number of hydrogen-bond acceptors (Lipinski definition) is 4. The molecule has 0 saturated heterocycles. The van der Waals surface area contributed by atoms with Gasteiger partial charge < -0.3 is 19.9 Å². The first-order valence-corrected chi connectivity index (χ1v) is 7.99. The monoisotopic (exact) mass is 315 g/mol. The standard InChI is InChI=1S/C19H25NO3/c1-4-22-18-10-9-17(11-16(18)13-21)20-12-15-7-5-6-8-19(15)23-14(2)3/h5-11,14,20-21H,4,12-13H2,1-3H3. The largest absolute Gasteiger partial charge is 0.494 e. The summed E-state index contributed by atoms with van der Waals surface area (Å²) in [6.07, 6.45) is 0.141. The highest BCUT2D eigenvalue weighted by atomic mass is 16.5. The Labute approximate surface area is 138 Å². The van der Waals surface area contributed by atoms with E-state index in [0.29, 0.717) is 13.2 Å². The number of rotatable bonds is 8. The smallest absolute Gasteiger partial charge is 0.124 e. The van der Waals surface area contributed by atoms with Crippen LogP contribution in [0.4, 0.5) is 5.69 Å². The van der Waals surface area contributed by atoms with E-state index >= 15 is 0 Å². The predicted molar refractivity (Wildman–Crippen MR) is 93.1 cm³/mol. The van der Waals surface area contributed by atoms with Gasteiger partial charge in [-0.15, -0.1) is 0 Å². The van der Waals surface area contributed by atoms with E-state index in [4.69, 9.17) is 9.47 Å². The average Bonchev–Trinajstić information content (AvgIpc) is 2.54. The highest BCUT2D eigenvalue weighted by Crippen LogP contribution is 2.25. The lowest BCUT2D eigenvalue weighted by Crippen LogP contribution is -2.09. The van der Waals surface area contributed by atoms with Crippen molar-refractivity contribution in [3.05, 3.63) is 53.6 Å². The maximum atomic E-state index is 9.47. The van der Waals surface area contributed by atoms with E-state index in [0.717, 1.165) is 28.3 Å². The Kier molecular flexibility index (Phi) is 6.29. The number of benzene rings is 2. The molecule has 2 aromatic rings. The molecule has 0 fully saturated rings. The molecule has 0 bridgehead atoms. The topological polar surface area (TPSA) is 50.7 Å². The lowest BCUT2D eigenvalue weighted by molar-refractivity contribution is 0.240. The number of nitrogens with one attached hydrogen (secondary N) is 1. The molecule has 0 unspecified atom stereocenters. The number of hydrogen-bond donors (Lipinski definition) is 2. The molecule has 0 atom stereocenters. The maximum absolute atomic E-state index is 9.47. The van der Waals surface area contributed by atoms with Gasteiger partial charge in [-0.3, -0.25) is 0 Å². The molecule has 0 radical (unpaired) electrons. The third kappa shape index (κ3) is 4.89. The van der Waals surface area contributed by atoms with E-state index in [9.17, 15) is 5.11 Å². The van der Waals surface area contributed by atoms with Gasteiger partial charge in [0.25, 0.3) is 0 Å². The summed E-state index contributed by atoms with van der Waals surface area (Å²) in [4.78, 5) is 0. The van der Waals surface area contributed by atoms with E-state index < -0.39 is 0 Å². The van der Waals surface area contributed by atoms with Crippen LogP contribution in [0, 0.1) is 0 Å². The maximum Gasteiger partial charge on any atom is 0.124 e. The molecule has 23 heavy (non-hydrogen) atoms. The van der Waals surface area contributed by atoms with Crippen LogP contribution in [0.15, 0.2) is 42.5 Å². The van der Waals surface area contributed by atoms with Crippen LogP contribution in [0.3, 0.4) is 0 Å². The van der Waals surface area contributed by atoms with Crippen molar-refractivity contribution < 1.29 is 14.6 Å². The van der Waals surface area contributed by atoms with Gasteiger partial charge in [-0.1, -0.05) is 18.2 Å². The van der Waals surface area contributed by atoms with Gasteiger partial charge >= 0.3 is 0 Å². The van der Waals surface area contributed by atoms with E-state index in [1.807, 2.05) is 63.2 Å². The normalized spacial score (nSPS) is 10.7. The number of anilines is 1. The van der Waals surface area contributed by atoms with E-state index in [2.05, 4.69) is 5.32 Å². The summed E-state index contributed by atoms with van der Waals surface area (Å²) in [6, 6.07) is 13.8. The minimum Gasteiger partial charge on any atom is -0.494 e. The Morgan fingerprint density at radius 2 is 1.83 bits per heavy atom. The molecule has 0 aliphatic carbocycles. The molecule has 2 aromatic carbocycles. The van der Waals surface area contributed by atoms with Crippen molar-refractivity contribution in [3.63, 3.8) is 0 Å². The van der Waals surface area contributed by atoms with Crippen molar-refractivity contribution in [2.75, 3.05) is 11.9 Å². The van der Waals surface area contributed by atoms with Crippen LogP contribution in [0.5, 0.6) is 11.5 Å². The Hall–Kier alpha value is -2.20. The zero-order valence-corrected chi connectivity index (χ0v) is 14.0. The van der Waals surface area contributed by atoms with E-state index in [-0.39, 0.29) is 12.7 Å². The third-order valence-electron chi connectivity index (χ3n) is 3.35. The SMILES string of the molecule is CCOc1ccc(NCc2ccccc2OC(C)C)cc1CO.